The van der Waals surface area contributed by atoms with Crippen LogP contribution < -0.4 is 9.64 Å². The van der Waals surface area contributed by atoms with Gasteiger partial charge in [0, 0.05) is 11.3 Å². The van der Waals surface area contributed by atoms with Gasteiger partial charge in [-0.15, -0.1) is 0 Å². The largest absolute Gasteiger partial charge is 0.507 e. The minimum Gasteiger partial charge on any atom is -0.507 e. The molecule has 3 aromatic carbocycles. The molecule has 0 saturated carbocycles. The fourth-order valence-electron chi connectivity index (χ4n) is 4.30. The van der Waals surface area contributed by atoms with Gasteiger partial charge in [0.2, 0.25) is 0 Å². The van der Waals surface area contributed by atoms with Crippen molar-refractivity contribution in [2.75, 3.05) is 12.0 Å². The summed E-state index contributed by atoms with van der Waals surface area (Å²) in [6.07, 6.45) is 0. The Morgan fingerprint density at radius 1 is 0.848 bits per heavy atom. The number of carbonyl (C=O) groups is 2. The van der Waals surface area contributed by atoms with Gasteiger partial charge in [0.1, 0.15) is 11.5 Å². The Kier molecular flexibility index (Phi) is 5.81. The van der Waals surface area contributed by atoms with E-state index in [4.69, 9.17) is 4.74 Å². The van der Waals surface area contributed by atoms with Crippen LogP contribution in [0.2, 0.25) is 0 Å². The number of aryl methyl sites for hydroxylation is 4. The van der Waals surface area contributed by atoms with E-state index in [-0.39, 0.29) is 11.3 Å². The van der Waals surface area contributed by atoms with Gasteiger partial charge in [-0.3, -0.25) is 14.5 Å². The maximum atomic E-state index is 13.3. The van der Waals surface area contributed by atoms with Crippen LogP contribution >= 0.6 is 0 Å². The molecule has 4 rings (SSSR count). The highest BCUT2D eigenvalue weighted by Gasteiger charge is 2.47. The number of ketones is 1. The van der Waals surface area contributed by atoms with Gasteiger partial charge in [-0.2, -0.15) is 0 Å². The van der Waals surface area contributed by atoms with Crippen LogP contribution in [-0.2, 0) is 9.59 Å². The van der Waals surface area contributed by atoms with Crippen molar-refractivity contribution in [3.63, 3.8) is 0 Å². The predicted molar refractivity (Wildman–Crippen MR) is 130 cm³/mol. The molecule has 1 N–H and O–H groups in total. The van der Waals surface area contributed by atoms with Gasteiger partial charge < -0.3 is 9.84 Å². The molecular formula is C28H27NO4. The van der Waals surface area contributed by atoms with Crippen LogP contribution in [0.5, 0.6) is 5.75 Å². The summed E-state index contributed by atoms with van der Waals surface area (Å²) in [5.41, 5.74) is 5.94. The third kappa shape index (κ3) is 3.91. The number of aliphatic hydroxyl groups is 1. The molecule has 1 aliphatic rings. The number of aliphatic hydroxyl groups excluding tert-OH is 1. The molecule has 0 radical (unpaired) electrons. The molecule has 33 heavy (non-hydrogen) atoms. The number of benzene rings is 3. The lowest BCUT2D eigenvalue weighted by Gasteiger charge is -2.27. The maximum Gasteiger partial charge on any atom is 0.300 e. The van der Waals surface area contributed by atoms with Crippen LogP contribution in [0.4, 0.5) is 5.69 Å². The number of methoxy groups -OCH3 is 1. The maximum absolute atomic E-state index is 13.3. The minimum atomic E-state index is -0.765. The summed E-state index contributed by atoms with van der Waals surface area (Å²) >= 11 is 0. The van der Waals surface area contributed by atoms with Gasteiger partial charge >= 0.3 is 0 Å². The van der Waals surface area contributed by atoms with Crippen molar-refractivity contribution in [2.24, 2.45) is 0 Å². The van der Waals surface area contributed by atoms with Crippen molar-refractivity contribution < 1.29 is 19.4 Å². The lowest BCUT2D eigenvalue weighted by Crippen LogP contribution is -2.30. The Morgan fingerprint density at radius 3 is 2.15 bits per heavy atom. The first-order valence-electron chi connectivity index (χ1n) is 10.8. The highest BCUT2D eigenvalue weighted by molar-refractivity contribution is 6.51. The number of hydrogen-bond donors (Lipinski definition) is 1. The van der Waals surface area contributed by atoms with Gasteiger partial charge in [0.05, 0.1) is 18.7 Å². The molecule has 0 aliphatic carbocycles. The monoisotopic (exact) mass is 441 g/mol. The van der Waals surface area contributed by atoms with Gasteiger partial charge in [0.15, 0.2) is 0 Å². The Bertz CT molecular complexity index is 1290. The van der Waals surface area contributed by atoms with E-state index in [1.54, 1.807) is 25.3 Å². The molecule has 1 atom stereocenters. The topological polar surface area (TPSA) is 66.8 Å². The van der Waals surface area contributed by atoms with Gasteiger partial charge in [-0.1, -0.05) is 42.0 Å². The molecule has 0 bridgehead atoms. The average Bonchev–Trinajstić information content (AvgIpc) is 3.06. The first-order chi connectivity index (χ1) is 15.7. The Labute approximate surface area is 193 Å². The molecule has 1 saturated heterocycles. The normalized spacial score (nSPS) is 17.5. The number of hydrogen-bond acceptors (Lipinski definition) is 4. The van der Waals surface area contributed by atoms with E-state index in [0.29, 0.717) is 22.6 Å². The lowest BCUT2D eigenvalue weighted by atomic mass is 9.94. The second kappa shape index (κ2) is 8.58. The van der Waals surface area contributed by atoms with Crippen LogP contribution in [-0.4, -0.2) is 23.9 Å². The van der Waals surface area contributed by atoms with Crippen LogP contribution in [0.25, 0.3) is 5.76 Å². The summed E-state index contributed by atoms with van der Waals surface area (Å²) in [5.74, 6) is -0.874. The van der Waals surface area contributed by atoms with Crippen LogP contribution in [0.1, 0.15) is 39.4 Å². The standard InChI is InChI=1S/C28H27NO4/c1-16-6-13-23(19(4)14-16)29-25(20-9-11-22(33-5)12-10-20)24(27(31)28(29)32)26(30)21-8-7-17(2)18(3)15-21/h6-15,25,30H,1-5H3/b26-24+. The Balaban J connectivity index is 1.96. The van der Waals surface area contributed by atoms with Gasteiger partial charge in [-0.05, 0) is 74.2 Å². The second-order valence-electron chi connectivity index (χ2n) is 8.53. The number of anilines is 1. The molecule has 1 aliphatic heterocycles. The summed E-state index contributed by atoms with van der Waals surface area (Å²) in [4.78, 5) is 28.1. The Hall–Kier alpha value is -3.86. The van der Waals surface area contributed by atoms with Crippen molar-refractivity contribution in [1.29, 1.82) is 0 Å². The summed E-state index contributed by atoms with van der Waals surface area (Å²) in [6.45, 7) is 7.82. The van der Waals surface area contributed by atoms with Crippen LogP contribution in [0.15, 0.2) is 66.2 Å². The summed E-state index contributed by atoms with van der Waals surface area (Å²) in [5, 5.41) is 11.3. The first-order valence-corrected chi connectivity index (χ1v) is 10.8. The number of rotatable bonds is 4. The van der Waals surface area contributed by atoms with Crippen molar-refractivity contribution in [1.82, 2.24) is 0 Å². The van der Waals surface area contributed by atoms with E-state index in [9.17, 15) is 14.7 Å². The zero-order chi connectivity index (χ0) is 23.9. The van der Waals surface area contributed by atoms with E-state index >= 15 is 0 Å². The summed E-state index contributed by atoms with van der Waals surface area (Å²) in [7, 11) is 1.58. The van der Waals surface area contributed by atoms with E-state index in [0.717, 1.165) is 22.3 Å². The molecule has 0 aromatic heterocycles. The number of Topliss-reactive ketones (excluding diaryl/α,β-unsaturated/α-hetero) is 1. The van der Waals surface area contributed by atoms with E-state index in [1.165, 1.54) is 4.90 Å². The van der Waals surface area contributed by atoms with Crippen molar-refractivity contribution in [2.45, 2.75) is 33.7 Å². The van der Waals surface area contributed by atoms with Gasteiger partial charge in [0.25, 0.3) is 11.7 Å². The molecule has 0 spiro atoms. The molecule has 168 valence electrons. The molecular weight excluding hydrogens is 414 g/mol. The van der Waals surface area contributed by atoms with Gasteiger partial charge in [-0.25, -0.2) is 0 Å². The number of amides is 1. The third-order valence-electron chi connectivity index (χ3n) is 6.27. The lowest BCUT2D eigenvalue weighted by molar-refractivity contribution is -0.132. The molecule has 5 heteroatoms. The predicted octanol–water partition coefficient (Wildman–Crippen LogP) is 5.56. The van der Waals surface area contributed by atoms with Crippen LogP contribution in [0.3, 0.4) is 0 Å². The van der Waals surface area contributed by atoms with Crippen molar-refractivity contribution in [3.05, 3.63) is 99.6 Å². The molecule has 1 heterocycles. The fourth-order valence-corrected chi connectivity index (χ4v) is 4.30. The second-order valence-corrected chi connectivity index (χ2v) is 8.53. The summed E-state index contributed by atoms with van der Waals surface area (Å²) < 4.78 is 5.28. The Morgan fingerprint density at radius 2 is 1.55 bits per heavy atom. The van der Waals surface area contributed by atoms with Crippen molar-refractivity contribution in [3.8, 4) is 5.75 Å². The minimum absolute atomic E-state index is 0.0772. The van der Waals surface area contributed by atoms with Crippen LogP contribution in [0, 0.1) is 27.7 Å². The highest BCUT2D eigenvalue weighted by atomic mass is 16.5. The van der Waals surface area contributed by atoms with E-state index < -0.39 is 17.7 Å². The zero-order valence-corrected chi connectivity index (χ0v) is 19.5. The molecule has 3 aromatic rings. The van der Waals surface area contributed by atoms with E-state index in [1.807, 2.05) is 70.2 Å². The highest BCUT2D eigenvalue weighted by Crippen LogP contribution is 2.43. The molecule has 5 nitrogen and oxygen atoms in total. The number of ether oxygens (including phenoxy) is 1. The quantitative estimate of drug-likeness (QED) is 0.327. The molecule has 1 fully saturated rings. The first kappa shape index (κ1) is 22.3. The van der Waals surface area contributed by atoms with Crippen molar-refractivity contribution >= 4 is 23.1 Å². The van der Waals surface area contributed by atoms with E-state index in [2.05, 4.69) is 0 Å². The number of nitrogens with zero attached hydrogens (tertiary/aromatic N) is 1. The third-order valence-corrected chi connectivity index (χ3v) is 6.27. The fraction of sp³-hybridized carbons (Fsp3) is 0.214. The zero-order valence-electron chi connectivity index (χ0n) is 19.5. The molecule has 1 amide bonds. The number of carbonyl (C=O) groups excluding carboxylic acids is 2. The SMILES string of the molecule is COc1ccc(C2/C(=C(\O)c3ccc(C)c(C)c3)C(=O)C(=O)N2c2ccc(C)cc2C)cc1. The molecule has 1 unspecified atom stereocenters. The smallest absolute Gasteiger partial charge is 0.300 e. The summed E-state index contributed by atoms with van der Waals surface area (Å²) in [6, 6.07) is 17.7. The average molecular weight is 442 g/mol.